The van der Waals surface area contributed by atoms with E-state index in [-0.39, 0.29) is 24.1 Å². The zero-order valence-corrected chi connectivity index (χ0v) is 14.2. The number of carbonyl (C=O) groups excluding carboxylic acids is 3. The maximum Gasteiger partial charge on any atom is 0.307 e. The van der Waals surface area contributed by atoms with Gasteiger partial charge in [-0.1, -0.05) is 12.1 Å². The summed E-state index contributed by atoms with van der Waals surface area (Å²) in [6.07, 6.45) is 0. The minimum Gasteiger partial charge on any atom is -0.444 e. The molecule has 0 bridgehead atoms. The normalized spacial score (nSPS) is 14.1. The molecule has 1 aliphatic rings. The Labute approximate surface area is 145 Å². The second-order valence-electron chi connectivity index (χ2n) is 5.13. The van der Waals surface area contributed by atoms with Crippen LogP contribution in [0.3, 0.4) is 0 Å². The third kappa shape index (κ3) is 3.00. The number of fused-ring (bicyclic) bond motifs is 1. The van der Waals surface area contributed by atoms with Crippen LogP contribution in [-0.2, 0) is 0 Å². The monoisotopic (exact) mass is 389 g/mol. The number of imide groups is 1. The van der Waals surface area contributed by atoms with Crippen molar-refractivity contribution >= 4 is 39.4 Å². The summed E-state index contributed by atoms with van der Waals surface area (Å²) in [5, 5.41) is 3.90. The number of rotatable bonds is 4. The number of hydrogen-bond acceptors (Lipinski definition) is 5. The number of amides is 3. The third-order valence-electron chi connectivity index (χ3n) is 3.41. The Hall–Kier alpha value is -2.74. The van der Waals surface area contributed by atoms with E-state index in [9.17, 15) is 14.4 Å². The zero-order chi connectivity index (χ0) is 17.3. The molecular formula is C16H12BrN3O4. The Bertz CT molecular complexity index is 837. The average molecular weight is 390 g/mol. The molecule has 1 aromatic heterocycles. The Morgan fingerprint density at radius 2 is 1.79 bits per heavy atom. The lowest BCUT2D eigenvalue weighted by molar-refractivity contribution is 0.0677. The third-order valence-corrected chi connectivity index (χ3v) is 3.84. The maximum atomic E-state index is 12.2. The summed E-state index contributed by atoms with van der Waals surface area (Å²) in [4.78, 5) is 37.4. The molecule has 8 heteroatoms. The smallest absolute Gasteiger partial charge is 0.307 e. The summed E-state index contributed by atoms with van der Waals surface area (Å²) in [6.45, 7) is 1.61. The molecule has 0 atom stereocenters. The highest BCUT2D eigenvalue weighted by Gasteiger charge is 2.35. The lowest BCUT2D eigenvalue weighted by Gasteiger charge is -2.13. The van der Waals surface area contributed by atoms with Crippen molar-refractivity contribution < 1.29 is 18.8 Å². The van der Waals surface area contributed by atoms with Crippen LogP contribution in [0, 0.1) is 0 Å². The van der Waals surface area contributed by atoms with Gasteiger partial charge in [-0.25, -0.2) is 5.43 Å². The van der Waals surface area contributed by atoms with Gasteiger partial charge in [-0.05, 0) is 47.1 Å². The zero-order valence-electron chi connectivity index (χ0n) is 12.6. The molecular weight excluding hydrogens is 378 g/mol. The molecule has 3 rings (SSSR count). The molecule has 0 aliphatic carbocycles. The summed E-state index contributed by atoms with van der Waals surface area (Å²) in [6, 6.07) is 9.71. The molecule has 1 N–H and O–H groups in total. The number of furan rings is 1. The molecule has 24 heavy (non-hydrogen) atoms. The van der Waals surface area contributed by atoms with E-state index >= 15 is 0 Å². The second kappa shape index (κ2) is 6.40. The van der Waals surface area contributed by atoms with Gasteiger partial charge in [0.25, 0.3) is 11.8 Å². The number of benzene rings is 1. The van der Waals surface area contributed by atoms with Gasteiger partial charge in [-0.15, -0.1) is 0 Å². The summed E-state index contributed by atoms with van der Waals surface area (Å²) in [5.74, 6) is -1.17. The molecule has 0 fully saturated rings. The number of nitrogens with one attached hydrogen (secondary N) is 1. The Morgan fingerprint density at radius 1 is 1.17 bits per heavy atom. The van der Waals surface area contributed by atoms with Gasteiger partial charge in [0.15, 0.2) is 10.4 Å². The van der Waals surface area contributed by atoms with E-state index < -0.39 is 5.91 Å². The van der Waals surface area contributed by atoms with E-state index in [2.05, 4.69) is 26.5 Å². The van der Waals surface area contributed by atoms with Crippen molar-refractivity contribution in [2.45, 2.75) is 6.92 Å². The van der Waals surface area contributed by atoms with E-state index in [0.29, 0.717) is 21.5 Å². The fraction of sp³-hybridized carbons (Fsp3) is 0.125. The van der Waals surface area contributed by atoms with E-state index in [1.807, 2.05) is 0 Å². The minimum atomic E-state index is -0.526. The highest BCUT2D eigenvalue weighted by atomic mass is 79.9. The molecule has 0 unspecified atom stereocenters. The molecule has 0 saturated heterocycles. The van der Waals surface area contributed by atoms with Crippen LogP contribution in [0.25, 0.3) is 0 Å². The van der Waals surface area contributed by atoms with Gasteiger partial charge in [-0.3, -0.25) is 19.3 Å². The highest BCUT2D eigenvalue weighted by Crippen LogP contribution is 2.22. The van der Waals surface area contributed by atoms with Gasteiger partial charge in [0, 0.05) is 0 Å². The number of hydrazone groups is 1. The van der Waals surface area contributed by atoms with E-state index in [1.54, 1.807) is 37.3 Å². The number of carbonyl (C=O) groups is 3. The topological polar surface area (TPSA) is 92.0 Å². The van der Waals surface area contributed by atoms with Crippen LogP contribution in [0.4, 0.5) is 0 Å². The average Bonchev–Trinajstić information content (AvgIpc) is 3.11. The molecule has 1 aromatic carbocycles. The molecule has 2 aromatic rings. The summed E-state index contributed by atoms with van der Waals surface area (Å²) in [7, 11) is 0. The van der Waals surface area contributed by atoms with E-state index in [4.69, 9.17) is 4.42 Å². The number of hydrogen-bond donors (Lipinski definition) is 1. The molecule has 0 saturated carbocycles. The lowest BCUT2D eigenvalue weighted by atomic mass is 10.1. The number of halogens is 1. The Morgan fingerprint density at radius 3 is 2.33 bits per heavy atom. The molecule has 1 aliphatic heterocycles. The molecule has 2 heterocycles. The van der Waals surface area contributed by atoms with Gasteiger partial charge in [-0.2, -0.15) is 5.10 Å². The fourth-order valence-electron chi connectivity index (χ4n) is 2.28. The van der Waals surface area contributed by atoms with E-state index in [0.717, 1.165) is 4.90 Å². The van der Waals surface area contributed by atoms with Crippen LogP contribution >= 0.6 is 15.9 Å². The SMILES string of the molecule is CC(CN1C(=O)c2ccccc2C1=O)=NNC(=O)c1ccc(Br)o1. The minimum absolute atomic E-state index is 0.00548. The first-order chi connectivity index (χ1) is 11.5. The molecule has 7 nitrogen and oxygen atoms in total. The van der Waals surface area contributed by atoms with Gasteiger partial charge in [0.1, 0.15) is 0 Å². The highest BCUT2D eigenvalue weighted by molar-refractivity contribution is 9.10. The van der Waals surface area contributed by atoms with Crippen LogP contribution in [0.1, 0.15) is 38.2 Å². The van der Waals surface area contributed by atoms with Crippen LogP contribution < -0.4 is 5.43 Å². The van der Waals surface area contributed by atoms with Crippen LogP contribution in [0.15, 0.2) is 50.6 Å². The molecule has 0 spiro atoms. The van der Waals surface area contributed by atoms with Crippen molar-refractivity contribution in [3.8, 4) is 0 Å². The first-order valence-corrected chi connectivity index (χ1v) is 7.80. The van der Waals surface area contributed by atoms with Crippen molar-refractivity contribution in [2.24, 2.45) is 5.10 Å². The Kier molecular flexibility index (Phi) is 4.30. The van der Waals surface area contributed by atoms with Gasteiger partial charge < -0.3 is 4.42 Å². The van der Waals surface area contributed by atoms with Crippen molar-refractivity contribution in [1.82, 2.24) is 10.3 Å². The quantitative estimate of drug-likeness (QED) is 0.493. The molecule has 0 radical (unpaired) electrons. The van der Waals surface area contributed by atoms with Gasteiger partial charge >= 0.3 is 5.91 Å². The van der Waals surface area contributed by atoms with Crippen molar-refractivity contribution in [2.75, 3.05) is 6.54 Å². The van der Waals surface area contributed by atoms with Crippen LogP contribution in [-0.4, -0.2) is 34.9 Å². The standard InChI is InChI=1S/C16H12BrN3O4/c1-9(18-19-14(21)12-6-7-13(17)24-12)8-20-15(22)10-4-2-3-5-11(10)16(20)23/h2-7H,8H2,1H3,(H,19,21). The molecule has 122 valence electrons. The van der Waals surface area contributed by atoms with Crippen LogP contribution in [0.2, 0.25) is 0 Å². The first kappa shape index (κ1) is 16.1. The lowest BCUT2D eigenvalue weighted by Crippen LogP contribution is -2.35. The summed E-state index contributed by atoms with van der Waals surface area (Å²) < 4.78 is 5.53. The fourth-order valence-corrected chi connectivity index (χ4v) is 2.59. The van der Waals surface area contributed by atoms with Crippen molar-refractivity contribution in [3.05, 3.63) is 58.0 Å². The molecule has 3 amide bonds. The predicted octanol–water partition coefficient (Wildman–Crippen LogP) is 2.44. The number of nitrogens with zero attached hydrogens (tertiary/aromatic N) is 2. The Balaban J connectivity index is 1.67. The predicted molar refractivity (Wildman–Crippen MR) is 88.8 cm³/mol. The first-order valence-electron chi connectivity index (χ1n) is 7.01. The summed E-state index contributed by atoms with van der Waals surface area (Å²) in [5.41, 5.74) is 3.48. The van der Waals surface area contributed by atoms with E-state index in [1.165, 1.54) is 6.07 Å². The van der Waals surface area contributed by atoms with Gasteiger partial charge in [0.2, 0.25) is 0 Å². The largest absolute Gasteiger partial charge is 0.444 e. The second-order valence-corrected chi connectivity index (χ2v) is 5.92. The van der Waals surface area contributed by atoms with Crippen molar-refractivity contribution in [3.63, 3.8) is 0 Å². The van der Waals surface area contributed by atoms with Gasteiger partial charge in [0.05, 0.1) is 23.4 Å². The van der Waals surface area contributed by atoms with Crippen LogP contribution in [0.5, 0.6) is 0 Å². The van der Waals surface area contributed by atoms with Crippen molar-refractivity contribution in [1.29, 1.82) is 0 Å². The summed E-state index contributed by atoms with van der Waals surface area (Å²) >= 11 is 3.10. The maximum absolute atomic E-state index is 12.2.